The van der Waals surface area contributed by atoms with Crippen LogP contribution in [-0.4, -0.2) is 35.9 Å². The zero-order valence-corrected chi connectivity index (χ0v) is 14.8. The minimum atomic E-state index is -0.485. The van der Waals surface area contributed by atoms with E-state index in [0.29, 0.717) is 11.5 Å². The Morgan fingerprint density at radius 3 is 2.55 bits per heavy atom. The first-order valence-corrected chi connectivity index (χ1v) is 7.91. The van der Waals surface area contributed by atoms with Gasteiger partial charge in [-0.05, 0) is 36.7 Å². The van der Waals surface area contributed by atoms with Crippen molar-refractivity contribution in [3.05, 3.63) is 16.9 Å². The molecule has 1 heterocycles. The highest BCUT2D eigenvalue weighted by Crippen LogP contribution is 2.35. The molecule has 1 fully saturated rings. The van der Waals surface area contributed by atoms with Crippen molar-refractivity contribution in [3.8, 4) is 11.5 Å². The van der Waals surface area contributed by atoms with E-state index in [-0.39, 0.29) is 18.2 Å². The second kappa shape index (κ2) is 6.73. The molecule has 7 heteroatoms. The number of ether oxygens (including phenoxy) is 3. The third kappa shape index (κ3) is 4.50. The van der Waals surface area contributed by atoms with E-state index in [4.69, 9.17) is 14.2 Å². The van der Waals surface area contributed by atoms with Gasteiger partial charge in [-0.2, -0.15) is 0 Å². The molecular formula is C15H21BrN2O4. The number of amides is 1. The summed E-state index contributed by atoms with van der Waals surface area (Å²) >= 11 is 3.43. The third-order valence-corrected chi connectivity index (χ3v) is 3.93. The van der Waals surface area contributed by atoms with Crippen LogP contribution in [-0.2, 0) is 4.74 Å². The molecule has 22 heavy (non-hydrogen) atoms. The van der Waals surface area contributed by atoms with Gasteiger partial charge in [0.05, 0.1) is 19.5 Å². The Labute approximate surface area is 138 Å². The Balaban J connectivity index is 1.79. The van der Waals surface area contributed by atoms with Crippen LogP contribution in [0, 0.1) is 0 Å². The Kier molecular flexibility index (Phi) is 5.16. The molecule has 1 amide bonds. The summed E-state index contributed by atoms with van der Waals surface area (Å²) in [6.45, 7) is 5.52. The van der Waals surface area contributed by atoms with E-state index in [1.54, 1.807) is 19.5 Å². The minimum Gasteiger partial charge on any atom is -0.494 e. The molecule has 1 N–H and O–H groups in total. The predicted molar refractivity (Wildman–Crippen MR) is 85.3 cm³/mol. The lowest BCUT2D eigenvalue weighted by Crippen LogP contribution is -2.50. The number of methoxy groups -OCH3 is 1. The van der Waals surface area contributed by atoms with Gasteiger partial charge in [0.25, 0.3) is 0 Å². The van der Waals surface area contributed by atoms with Crippen molar-refractivity contribution >= 4 is 22.0 Å². The molecule has 1 aliphatic rings. The highest BCUT2D eigenvalue weighted by atomic mass is 79.9. The van der Waals surface area contributed by atoms with Crippen molar-refractivity contribution in [2.24, 2.45) is 0 Å². The highest BCUT2D eigenvalue weighted by molar-refractivity contribution is 9.10. The second-order valence-corrected chi connectivity index (χ2v) is 7.00. The first-order valence-electron chi connectivity index (χ1n) is 7.12. The van der Waals surface area contributed by atoms with Gasteiger partial charge < -0.3 is 19.5 Å². The monoisotopic (exact) mass is 372 g/mol. The van der Waals surface area contributed by atoms with Gasteiger partial charge in [0.2, 0.25) is 0 Å². The Hall–Kier alpha value is -1.50. The lowest BCUT2D eigenvalue weighted by Gasteiger charge is -2.36. The van der Waals surface area contributed by atoms with Crippen LogP contribution >= 0.6 is 15.9 Å². The number of nitrogens with zero attached hydrogens (tertiary/aromatic N) is 1. The summed E-state index contributed by atoms with van der Waals surface area (Å²) in [5.74, 6) is 1.26. The summed E-state index contributed by atoms with van der Waals surface area (Å²) in [4.78, 5) is 15.7. The van der Waals surface area contributed by atoms with Crippen molar-refractivity contribution in [2.45, 2.75) is 51.4 Å². The minimum absolute atomic E-state index is 0.0464. The fraction of sp³-hybridized carbons (Fsp3) is 0.600. The van der Waals surface area contributed by atoms with E-state index >= 15 is 0 Å². The fourth-order valence-electron chi connectivity index (χ4n) is 2.07. The van der Waals surface area contributed by atoms with Crippen molar-refractivity contribution in [1.82, 2.24) is 10.3 Å². The summed E-state index contributed by atoms with van der Waals surface area (Å²) in [5, 5.41) is 2.83. The summed E-state index contributed by atoms with van der Waals surface area (Å²) in [5.41, 5.74) is -0.485. The maximum Gasteiger partial charge on any atom is 0.407 e. The summed E-state index contributed by atoms with van der Waals surface area (Å²) in [7, 11) is 1.58. The standard InChI is InChI=1S/C15H21BrN2O4/c1-15(2,3)22-14(19)18-9-5-10(6-9)21-12-8-17-7-11(20-4)13(12)16/h7-10H,5-6H2,1-4H3,(H,18,19). The summed E-state index contributed by atoms with van der Waals surface area (Å²) in [6.07, 6.45) is 4.39. The zero-order valence-electron chi connectivity index (χ0n) is 13.2. The van der Waals surface area contributed by atoms with Crippen LogP contribution in [0.15, 0.2) is 16.9 Å². The molecule has 122 valence electrons. The molecule has 0 unspecified atom stereocenters. The maximum absolute atomic E-state index is 11.7. The molecule has 0 radical (unpaired) electrons. The van der Waals surface area contributed by atoms with Crippen LogP contribution in [0.5, 0.6) is 11.5 Å². The number of hydrogen-bond acceptors (Lipinski definition) is 5. The lowest BCUT2D eigenvalue weighted by atomic mass is 9.89. The number of pyridine rings is 1. The predicted octanol–water partition coefficient (Wildman–Crippen LogP) is 3.29. The number of rotatable bonds is 4. The normalized spacial score (nSPS) is 20.8. The molecule has 1 saturated carbocycles. The maximum atomic E-state index is 11.7. The number of carbonyl (C=O) groups is 1. The second-order valence-electron chi connectivity index (χ2n) is 6.21. The van der Waals surface area contributed by atoms with Crippen molar-refractivity contribution in [1.29, 1.82) is 0 Å². The summed E-state index contributed by atoms with van der Waals surface area (Å²) < 4.78 is 17.0. The van der Waals surface area contributed by atoms with Crippen LogP contribution in [0.1, 0.15) is 33.6 Å². The Morgan fingerprint density at radius 1 is 1.32 bits per heavy atom. The smallest absolute Gasteiger partial charge is 0.407 e. The van der Waals surface area contributed by atoms with Crippen LogP contribution < -0.4 is 14.8 Å². The van der Waals surface area contributed by atoms with Crippen LogP contribution in [0.2, 0.25) is 0 Å². The lowest BCUT2D eigenvalue weighted by molar-refractivity contribution is 0.0360. The molecule has 0 spiro atoms. The molecular weight excluding hydrogens is 352 g/mol. The Bertz CT molecular complexity index is 539. The zero-order chi connectivity index (χ0) is 16.3. The number of halogens is 1. The summed E-state index contributed by atoms with van der Waals surface area (Å²) in [6, 6.07) is 0.0807. The molecule has 0 bridgehead atoms. The van der Waals surface area contributed by atoms with E-state index < -0.39 is 5.60 Å². The number of carbonyl (C=O) groups excluding carboxylic acids is 1. The average molecular weight is 373 g/mol. The number of aromatic nitrogens is 1. The van der Waals surface area contributed by atoms with Crippen LogP contribution in [0.25, 0.3) is 0 Å². The topological polar surface area (TPSA) is 69.7 Å². The van der Waals surface area contributed by atoms with Gasteiger partial charge in [-0.1, -0.05) is 0 Å². The van der Waals surface area contributed by atoms with E-state index in [0.717, 1.165) is 17.3 Å². The van der Waals surface area contributed by atoms with Gasteiger partial charge in [0, 0.05) is 18.9 Å². The van der Waals surface area contributed by atoms with E-state index in [1.807, 2.05) is 20.8 Å². The first-order chi connectivity index (χ1) is 10.3. The van der Waals surface area contributed by atoms with Crippen molar-refractivity contribution in [2.75, 3.05) is 7.11 Å². The molecule has 2 rings (SSSR count). The molecule has 6 nitrogen and oxygen atoms in total. The van der Waals surface area contributed by atoms with Gasteiger partial charge in [-0.15, -0.1) is 0 Å². The number of alkyl carbamates (subject to hydrolysis) is 1. The van der Waals surface area contributed by atoms with Crippen molar-refractivity contribution in [3.63, 3.8) is 0 Å². The fourth-order valence-corrected chi connectivity index (χ4v) is 2.53. The number of hydrogen-bond donors (Lipinski definition) is 1. The van der Waals surface area contributed by atoms with Crippen LogP contribution in [0.4, 0.5) is 4.79 Å². The number of nitrogens with one attached hydrogen (secondary N) is 1. The molecule has 0 saturated heterocycles. The molecule has 1 aromatic rings. The molecule has 0 aliphatic heterocycles. The van der Waals surface area contributed by atoms with Gasteiger partial charge >= 0.3 is 6.09 Å². The third-order valence-electron chi connectivity index (χ3n) is 3.15. The van der Waals surface area contributed by atoms with Crippen LogP contribution in [0.3, 0.4) is 0 Å². The highest BCUT2D eigenvalue weighted by Gasteiger charge is 2.33. The van der Waals surface area contributed by atoms with Crippen molar-refractivity contribution < 1.29 is 19.0 Å². The molecule has 0 aromatic carbocycles. The van der Waals surface area contributed by atoms with Gasteiger partial charge in [-0.25, -0.2) is 4.79 Å². The van der Waals surface area contributed by atoms with Gasteiger partial charge in [-0.3, -0.25) is 4.98 Å². The first kappa shape index (κ1) is 16.9. The molecule has 1 aromatic heterocycles. The quantitative estimate of drug-likeness (QED) is 0.877. The Morgan fingerprint density at radius 2 is 1.95 bits per heavy atom. The molecule has 1 aliphatic carbocycles. The average Bonchev–Trinajstić information content (AvgIpc) is 2.36. The molecule has 0 atom stereocenters. The van der Waals surface area contributed by atoms with E-state index in [9.17, 15) is 4.79 Å². The largest absolute Gasteiger partial charge is 0.494 e. The van der Waals surface area contributed by atoms with E-state index in [2.05, 4.69) is 26.2 Å². The SMILES string of the molecule is COc1cncc(OC2CC(NC(=O)OC(C)(C)C)C2)c1Br. The van der Waals surface area contributed by atoms with Gasteiger partial charge in [0.1, 0.15) is 16.2 Å². The van der Waals surface area contributed by atoms with E-state index in [1.165, 1.54) is 0 Å². The van der Waals surface area contributed by atoms with Gasteiger partial charge in [0.15, 0.2) is 11.5 Å².